The number of hydrogen-bond acceptors (Lipinski definition) is 2. The molecule has 2 aromatic rings. The van der Waals surface area contributed by atoms with Gasteiger partial charge in [-0.3, -0.25) is 9.59 Å². The molecule has 0 radical (unpaired) electrons. The van der Waals surface area contributed by atoms with Gasteiger partial charge < -0.3 is 10.2 Å². The number of nitrogens with one attached hydrogen (secondary N) is 1. The van der Waals surface area contributed by atoms with Crippen LogP contribution in [0.1, 0.15) is 50.7 Å². The van der Waals surface area contributed by atoms with Gasteiger partial charge in [-0.25, -0.2) is 0 Å². The van der Waals surface area contributed by atoms with Gasteiger partial charge in [0, 0.05) is 24.5 Å². The molecule has 2 aromatic carbocycles. The van der Waals surface area contributed by atoms with Gasteiger partial charge in [-0.2, -0.15) is 0 Å². The van der Waals surface area contributed by atoms with E-state index in [4.69, 9.17) is 34.8 Å². The summed E-state index contributed by atoms with van der Waals surface area (Å²) in [6.07, 6.45) is 3.15. The number of halogens is 3. The molecule has 1 N–H and O–H groups in total. The second kappa shape index (κ2) is 12.9. The summed E-state index contributed by atoms with van der Waals surface area (Å²) in [5.41, 5.74) is 1.73. The first-order chi connectivity index (χ1) is 14.9. The van der Waals surface area contributed by atoms with Crippen LogP contribution in [0.3, 0.4) is 0 Å². The van der Waals surface area contributed by atoms with Crippen molar-refractivity contribution in [1.29, 1.82) is 0 Å². The fourth-order valence-corrected chi connectivity index (χ4v) is 3.90. The van der Waals surface area contributed by atoms with E-state index in [1.54, 1.807) is 17.0 Å². The average molecular weight is 484 g/mol. The normalized spacial score (nSPS) is 11.8. The molecule has 1 unspecified atom stereocenters. The van der Waals surface area contributed by atoms with Gasteiger partial charge in [0.25, 0.3) is 0 Å². The minimum absolute atomic E-state index is 0.108. The van der Waals surface area contributed by atoms with Crippen LogP contribution in [0.2, 0.25) is 15.1 Å². The van der Waals surface area contributed by atoms with Crippen molar-refractivity contribution >= 4 is 46.6 Å². The minimum atomic E-state index is -0.565. The number of carbonyl (C=O) groups excluding carboxylic acids is 2. The highest BCUT2D eigenvalue weighted by Crippen LogP contribution is 2.25. The molecular weight excluding hydrogens is 455 g/mol. The molecule has 0 aromatic heterocycles. The van der Waals surface area contributed by atoms with Crippen molar-refractivity contribution < 1.29 is 9.59 Å². The Balaban J connectivity index is 2.22. The molecule has 168 valence electrons. The van der Waals surface area contributed by atoms with Crippen LogP contribution in [0, 0.1) is 0 Å². The SMILES string of the molecule is CCCCNC(=O)C(CC)N(Cc1ccc(Cl)c(Cl)c1)C(=O)CCc1ccccc1Cl. The van der Waals surface area contributed by atoms with Gasteiger partial charge in [-0.15, -0.1) is 0 Å². The van der Waals surface area contributed by atoms with E-state index in [1.807, 2.05) is 37.3 Å². The van der Waals surface area contributed by atoms with Gasteiger partial charge in [-0.1, -0.05) is 79.3 Å². The van der Waals surface area contributed by atoms with Crippen LogP contribution >= 0.6 is 34.8 Å². The van der Waals surface area contributed by atoms with Crippen molar-refractivity contribution in [3.63, 3.8) is 0 Å². The summed E-state index contributed by atoms with van der Waals surface area (Å²) < 4.78 is 0. The van der Waals surface area contributed by atoms with Gasteiger partial charge in [0.15, 0.2) is 0 Å². The summed E-state index contributed by atoms with van der Waals surface area (Å²) in [7, 11) is 0. The highest BCUT2D eigenvalue weighted by Gasteiger charge is 2.28. The van der Waals surface area contributed by atoms with Gasteiger partial charge >= 0.3 is 0 Å². The lowest BCUT2D eigenvalue weighted by Gasteiger charge is -2.31. The molecule has 0 heterocycles. The van der Waals surface area contributed by atoms with Crippen LogP contribution in [0.25, 0.3) is 0 Å². The van der Waals surface area contributed by atoms with Crippen LogP contribution < -0.4 is 5.32 Å². The quantitative estimate of drug-likeness (QED) is 0.381. The molecule has 0 aliphatic heterocycles. The Morgan fingerprint density at radius 3 is 2.39 bits per heavy atom. The predicted molar refractivity (Wildman–Crippen MR) is 129 cm³/mol. The summed E-state index contributed by atoms with van der Waals surface area (Å²) in [6.45, 7) is 4.85. The zero-order valence-electron chi connectivity index (χ0n) is 18.0. The number of aryl methyl sites for hydroxylation is 1. The molecule has 1 atom stereocenters. The first kappa shape index (κ1) is 25.5. The Hall–Kier alpha value is -1.75. The second-order valence-electron chi connectivity index (χ2n) is 7.43. The monoisotopic (exact) mass is 482 g/mol. The number of carbonyl (C=O) groups is 2. The molecule has 2 amide bonds. The Bertz CT molecular complexity index is 889. The Labute approximate surface area is 199 Å². The Morgan fingerprint density at radius 2 is 1.74 bits per heavy atom. The topological polar surface area (TPSA) is 49.4 Å². The van der Waals surface area contributed by atoms with Crippen LogP contribution in [-0.2, 0) is 22.6 Å². The van der Waals surface area contributed by atoms with E-state index in [-0.39, 0.29) is 24.8 Å². The Morgan fingerprint density at radius 1 is 1.00 bits per heavy atom. The number of benzene rings is 2. The molecule has 7 heteroatoms. The maximum atomic E-state index is 13.3. The number of amides is 2. The smallest absolute Gasteiger partial charge is 0.242 e. The second-order valence-corrected chi connectivity index (χ2v) is 8.65. The third kappa shape index (κ3) is 7.71. The molecule has 0 fully saturated rings. The fraction of sp³-hybridized carbons (Fsp3) is 0.417. The zero-order chi connectivity index (χ0) is 22.8. The van der Waals surface area contributed by atoms with E-state index >= 15 is 0 Å². The minimum Gasteiger partial charge on any atom is -0.354 e. The molecule has 2 rings (SSSR count). The standard InChI is InChI=1S/C24H29Cl3N2O2/c1-3-5-14-28-24(31)22(4-2)29(16-17-10-12-20(26)21(27)15-17)23(30)13-11-18-8-6-7-9-19(18)25/h6-10,12,15,22H,3-5,11,13-14,16H2,1-2H3,(H,28,31). The molecule has 0 saturated heterocycles. The summed E-state index contributed by atoms with van der Waals surface area (Å²) in [5, 5.41) is 4.46. The third-order valence-electron chi connectivity index (χ3n) is 5.12. The van der Waals surface area contributed by atoms with Crippen molar-refractivity contribution in [3.05, 3.63) is 68.7 Å². The first-order valence-electron chi connectivity index (χ1n) is 10.6. The third-order valence-corrected chi connectivity index (χ3v) is 6.23. The maximum Gasteiger partial charge on any atom is 0.242 e. The largest absolute Gasteiger partial charge is 0.354 e. The first-order valence-corrected chi connectivity index (χ1v) is 11.7. The fourth-order valence-electron chi connectivity index (χ4n) is 3.35. The average Bonchev–Trinajstić information content (AvgIpc) is 2.75. The van der Waals surface area contributed by atoms with E-state index in [2.05, 4.69) is 12.2 Å². The van der Waals surface area contributed by atoms with Crippen LogP contribution in [0.15, 0.2) is 42.5 Å². The molecular formula is C24H29Cl3N2O2. The lowest BCUT2D eigenvalue weighted by molar-refractivity contribution is -0.141. The molecule has 4 nitrogen and oxygen atoms in total. The van der Waals surface area contributed by atoms with Crippen molar-refractivity contribution in [2.24, 2.45) is 0 Å². The summed E-state index contributed by atoms with van der Waals surface area (Å²) >= 11 is 18.4. The van der Waals surface area contributed by atoms with E-state index in [9.17, 15) is 9.59 Å². The van der Waals surface area contributed by atoms with E-state index in [0.717, 1.165) is 24.0 Å². The zero-order valence-corrected chi connectivity index (χ0v) is 20.2. The van der Waals surface area contributed by atoms with Crippen molar-refractivity contribution in [3.8, 4) is 0 Å². The van der Waals surface area contributed by atoms with Crippen LogP contribution in [0.5, 0.6) is 0 Å². The summed E-state index contributed by atoms with van der Waals surface area (Å²) in [6, 6.07) is 12.2. The van der Waals surface area contributed by atoms with Gasteiger partial charge in [-0.05, 0) is 48.6 Å². The molecule has 31 heavy (non-hydrogen) atoms. The lowest BCUT2D eigenvalue weighted by atomic mass is 10.1. The molecule has 0 saturated carbocycles. The van der Waals surface area contributed by atoms with E-state index in [1.165, 1.54) is 0 Å². The van der Waals surface area contributed by atoms with Crippen LogP contribution in [0.4, 0.5) is 0 Å². The van der Waals surface area contributed by atoms with E-state index in [0.29, 0.717) is 34.5 Å². The van der Waals surface area contributed by atoms with Gasteiger partial charge in [0.1, 0.15) is 6.04 Å². The van der Waals surface area contributed by atoms with Gasteiger partial charge in [0.2, 0.25) is 11.8 Å². The molecule has 0 aliphatic carbocycles. The summed E-state index contributed by atoms with van der Waals surface area (Å²) in [4.78, 5) is 27.8. The predicted octanol–water partition coefficient (Wildman–Crippen LogP) is 6.30. The van der Waals surface area contributed by atoms with E-state index < -0.39 is 6.04 Å². The number of hydrogen-bond donors (Lipinski definition) is 1. The Kier molecular flexibility index (Phi) is 10.7. The highest BCUT2D eigenvalue weighted by atomic mass is 35.5. The van der Waals surface area contributed by atoms with Crippen LogP contribution in [-0.4, -0.2) is 29.3 Å². The molecule has 0 bridgehead atoms. The molecule has 0 aliphatic rings. The molecule has 0 spiro atoms. The van der Waals surface area contributed by atoms with Crippen molar-refractivity contribution in [2.45, 2.75) is 58.5 Å². The number of unbranched alkanes of at least 4 members (excludes halogenated alkanes) is 1. The van der Waals surface area contributed by atoms with Crippen molar-refractivity contribution in [1.82, 2.24) is 10.2 Å². The number of rotatable bonds is 11. The lowest BCUT2D eigenvalue weighted by Crippen LogP contribution is -2.49. The maximum absolute atomic E-state index is 13.3. The summed E-state index contributed by atoms with van der Waals surface area (Å²) in [5.74, 6) is -0.245. The van der Waals surface area contributed by atoms with Gasteiger partial charge in [0.05, 0.1) is 10.0 Å². The number of nitrogens with zero attached hydrogens (tertiary/aromatic N) is 1. The van der Waals surface area contributed by atoms with Crippen molar-refractivity contribution in [2.75, 3.05) is 6.54 Å². The highest BCUT2D eigenvalue weighted by molar-refractivity contribution is 6.42.